The van der Waals surface area contributed by atoms with E-state index in [2.05, 4.69) is 28.6 Å². The summed E-state index contributed by atoms with van der Waals surface area (Å²) in [5, 5.41) is 8.34. The number of amides is 1. The lowest BCUT2D eigenvalue weighted by Gasteiger charge is -2.26. The van der Waals surface area contributed by atoms with Crippen molar-refractivity contribution in [1.82, 2.24) is 15.6 Å². The van der Waals surface area contributed by atoms with Gasteiger partial charge in [-0.2, -0.15) is 0 Å². The predicted octanol–water partition coefficient (Wildman–Crippen LogP) is 2.23. The van der Waals surface area contributed by atoms with Crippen LogP contribution in [0.2, 0.25) is 0 Å². The molecule has 0 spiro atoms. The van der Waals surface area contributed by atoms with Crippen molar-refractivity contribution in [2.75, 3.05) is 6.54 Å². The van der Waals surface area contributed by atoms with E-state index in [0.717, 1.165) is 30.5 Å². The van der Waals surface area contributed by atoms with E-state index in [9.17, 15) is 4.79 Å². The summed E-state index contributed by atoms with van der Waals surface area (Å²) in [5.74, 6) is 0.114. The molecule has 0 bridgehead atoms. The average Bonchev–Trinajstić information content (AvgIpc) is 2.88. The first-order valence-corrected chi connectivity index (χ1v) is 7.49. The molecule has 1 saturated heterocycles. The number of hydrogen-bond donors (Lipinski definition) is 2. The van der Waals surface area contributed by atoms with Crippen LogP contribution >= 0.6 is 11.3 Å². The number of pyridine rings is 1. The summed E-state index contributed by atoms with van der Waals surface area (Å²) in [6, 6.07) is 4.23. The Hall–Kier alpha value is -1.46. The zero-order valence-electron chi connectivity index (χ0n) is 10.8. The number of nitrogens with one attached hydrogen (secondary N) is 2. The van der Waals surface area contributed by atoms with Crippen LogP contribution in [-0.2, 0) is 4.79 Å². The number of rotatable bonds is 3. The van der Waals surface area contributed by atoms with Crippen molar-refractivity contribution in [2.45, 2.75) is 31.8 Å². The Morgan fingerprint density at radius 2 is 2.47 bits per heavy atom. The predicted molar refractivity (Wildman–Crippen MR) is 77.2 cm³/mol. The van der Waals surface area contributed by atoms with Crippen LogP contribution in [-0.4, -0.2) is 23.5 Å². The van der Waals surface area contributed by atoms with E-state index in [4.69, 9.17) is 0 Å². The Balaban J connectivity index is 1.75. The first-order chi connectivity index (χ1) is 9.24. The van der Waals surface area contributed by atoms with Gasteiger partial charge in [-0.1, -0.05) is 0 Å². The summed E-state index contributed by atoms with van der Waals surface area (Å²) in [7, 11) is 0. The molecule has 1 amide bonds. The van der Waals surface area contributed by atoms with Gasteiger partial charge in [0, 0.05) is 18.8 Å². The number of nitrogens with zero attached hydrogens (tertiary/aromatic N) is 1. The van der Waals surface area contributed by atoms with E-state index >= 15 is 0 Å². The number of fused-ring (bicyclic) bond motifs is 1. The lowest BCUT2D eigenvalue weighted by Crippen LogP contribution is -2.48. The summed E-state index contributed by atoms with van der Waals surface area (Å²) in [6.45, 7) is 2.88. The van der Waals surface area contributed by atoms with Gasteiger partial charge in [-0.3, -0.25) is 15.1 Å². The van der Waals surface area contributed by atoms with Crippen LogP contribution in [0.4, 0.5) is 0 Å². The molecule has 2 atom stereocenters. The summed E-state index contributed by atoms with van der Waals surface area (Å²) in [6.07, 6.45) is 3.84. The first kappa shape index (κ1) is 12.6. The number of thiophene rings is 1. The number of piperidine rings is 1. The minimum Gasteiger partial charge on any atom is -0.355 e. The highest BCUT2D eigenvalue weighted by molar-refractivity contribution is 7.17. The van der Waals surface area contributed by atoms with Gasteiger partial charge in [0.05, 0.1) is 16.3 Å². The van der Waals surface area contributed by atoms with Crippen molar-refractivity contribution in [3.8, 4) is 0 Å². The van der Waals surface area contributed by atoms with Crippen molar-refractivity contribution in [3.63, 3.8) is 0 Å². The Kier molecular flexibility index (Phi) is 3.48. The summed E-state index contributed by atoms with van der Waals surface area (Å²) in [4.78, 5) is 16.2. The van der Waals surface area contributed by atoms with Gasteiger partial charge >= 0.3 is 0 Å². The SMILES string of the molecule is CC(NC1CCCNC1=O)c1cnc2ccsc2c1. The van der Waals surface area contributed by atoms with Crippen molar-refractivity contribution >= 4 is 27.5 Å². The van der Waals surface area contributed by atoms with E-state index < -0.39 is 0 Å². The van der Waals surface area contributed by atoms with Gasteiger partial charge in [0.1, 0.15) is 0 Å². The molecule has 0 radical (unpaired) electrons. The average molecular weight is 275 g/mol. The fourth-order valence-electron chi connectivity index (χ4n) is 2.43. The maximum absolute atomic E-state index is 11.7. The highest BCUT2D eigenvalue weighted by Gasteiger charge is 2.23. The van der Waals surface area contributed by atoms with E-state index in [1.807, 2.05) is 17.6 Å². The molecule has 2 unspecified atom stereocenters. The first-order valence-electron chi connectivity index (χ1n) is 6.61. The van der Waals surface area contributed by atoms with Gasteiger partial charge < -0.3 is 5.32 Å². The molecule has 19 heavy (non-hydrogen) atoms. The molecular formula is C14H17N3OS. The molecule has 0 aliphatic carbocycles. The molecule has 100 valence electrons. The zero-order valence-corrected chi connectivity index (χ0v) is 11.7. The summed E-state index contributed by atoms with van der Waals surface area (Å²) in [5.41, 5.74) is 2.17. The molecule has 3 heterocycles. The standard InChI is InChI=1S/C14H17N3OS/c1-9(17-12-3-2-5-15-14(12)18)10-7-13-11(16-8-10)4-6-19-13/h4,6-9,12,17H,2-3,5H2,1H3,(H,15,18). The van der Waals surface area contributed by atoms with Crippen molar-refractivity contribution in [1.29, 1.82) is 0 Å². The Morgan fingerprint density at radius 1 is 1.58 bits per heavy atom. The van der Waals surface area contributed by atoms with E-state index in [0.29, 0.717) is 0 Å². The minimum absolute atomic E-state index is 0.0808. The molecule has 4 nitrogen and oxygen atoms in total. The number of carbonyl (C=O) groups excluding carboxylic acids is 1. The molecule has 0 aromatic carbocycles. The molecule has 1 fully saturated rings. The second-order valence-corrected chi connectivity index (χ2v) is 5.89. The Morgan fingerprint density at radius 3 is 3.32 bits per heavy atom. The maximum Gasteiger partial charge on any atom is 0.237 e. The van der Waals surface area contributed by atoms with Crippen molar-refractivity contribution < 1.29 is 4.79 Å². The van der Waals surface area contributed by atoms with Crippen molar-refractivity contribution in [3.05, 3.63) is 29.3 Å². The van der Waals surface area contributed by atoms with Crippen LogP contribution in [0, 0.1) is 0 Å². The second-order valence-electron chi connectivity index (χ2n) is 4.95. The molecule has 2 N–H and O–H groups in total. The molecule has 2 aromatic rings. The third kappa shape index (κ3) is 2.62. The van der Waals surface area contributed by atoms with E-state index in [-0.39, 0.29) is 18.0 Å². The van der Waals surface area contributed by atoms with Crippen LogP contribution in [0.3, 0.4) is 0 Å². The molecule has 3 rings (SSSR count). The third-order valence-electron chi connectivity index (χ3n) is 3.56. The largest absolute Gasteiger partial charge is 0.355 e. The fraction of sp³-hybridized carbons (Fsp3) is 0.429. The highest BCUT2D eigenvalue weighted by atomic mass is 32.1. The summed E-state index contributed by atoms with van der Waals surface area (Å²) >= 11 is 1.70. The molecule has 0 saturated carbocycles. The van der Waals surface area contributed by atoms with Crippen molar-refractivity contribution in [2.24, 2.45) is 0 Å². The normalized spacial score (nSPS) is 21.3. The fourth-order valence-corrected chi connectivity index (χ4v) is 3.22. The molecular weight excluding hydrogens is 258 g/mol. The maximum atomic E-state index is 11.7. The number of carbonyl (C=O) groups is 1. The molecule has 1 aliphatic heterocycles. The topological polar surface area (TPSA) is 54.0 Å². The third-order valence-corrected chi connectivity index (χ3v) is 4.41. The Labute approximate surface area is 116 Å². The van der Waals surface area contributed by atoms with Crippen LogP contribution in [0.5, 0.6) is 0 Å². The highest BCUT2D eigenvalue weighted by Crippen LogP contribution is 2.23. The van der Waals surface area contributed by atoms with Gasteiger partial charge in [-0.15, -0.1) is 11.3 Å². The zero-order chi connectivity index (χ0) is 13.2. The molecule has 5 heteroatoms. The Bertz CT molecular complexity index is 595. The lowest BCUT2D eigenvalue weighted by atomic mass is 10.0. The number of hydrogen-bond acceptors (Lipinski definition) is 4. The van der Waals surface area contributed by atoms with Gasteiger partial charge in [0.15, 0.2) is 0 Å². The summed E-state index contributed by atoms with van der Waals surface area (Å²) < 4.78 is 1.19. The van der Waals surface area contributed by atoms with E-state index in [1.165, 1.54) is 4.70 Å². The molecule has 2 aromatic heterocycles. The van der Waals surface area contributed by atoms with Crippen LogP contribution in [0.15, 0.2) is 23.7 Å². The van der Waals surface area contributed by atoms with Crippen LogP contribution in [0.1, 0.15) is 31.4 Å². The quantitative estimate of drug-likeness (QED) is 0.903. The van der Waals surface area contributed by atoms with Gasteiger partial charge in [0.25, 0.3) is 0 Å². The van der Waals surface area contributed by atoms with Gasteiger partial charge in [-0.05, 0) is 42.8 Å². The lowest BCUT2D eigenvalue weighted by molar-refractivity contribution is -0.124. The second kappa shape index (κ2) is 5.27. The smallest absolute Gasteiger partial charge is 0.237 e. The molecule has 1 aliphatic rings. The van der Waals surface area contributed by atoms with Crippen LogP contribution < -0.4 is 10.6 Å². The monoisotopic (exact) mass is 275 g/mol. The van der Waals surface area contributed by atoms with Gasteiger partial charge in [0.2, 0.25) is 5.91 Å². The minimum atomic E-state index is -0.0808. The van der Waals surface area contributed by atoms with Crippen LogP contribution in [0.25, 0.3) is 10.2 Å². The number of aromatic nitrogens is 1. The van der Waals surface area contributed by atoms with Gasteiger partial charge in [-0.25, -0.2) is 0 Å². The van der Waals surface area contributed by atoms with E-state index in [1.54, 1.807) is 11.3 Å².